The Bertz CT molecular complexity index is 519. The van der Waals surface area contributed by atoms with Crippen LogP contribution in [0.2, 0.25) is 0 Å². The van der Waals surface area contributed by atoms with Crippen LogP contribution in [0.3, 0.4) is 0 Å². The molecule has 0 bridgehead atoms. The Balaban J connectivity index is 2.06. The number of carbonyl (C=O) groups excluding carboxylic acids is 1. The summed E-state index contributed by atoms with van der Waals surface area (Å²) in [5.74, 6) is 0.431. The van der Waals surface area contributed by atoms with E-state index in [0.717, 1.165) is 19.4 Å². The number of aliphatic hydroxyl groups is 1. The quantitative estimate of drug-likeness (QED) is 0.785. The van der Waals surface area contributed by atoms with Crippen LogP contribution in [0.25, 0.3) is 0 Å². The molecule has 3 N–H and O–H groups in total. The monoisotopic (exact) mass is 244 g/mol. The van der Waals surface area contributed by atoms with Gasteiger partial charge in [-0.15, -0.1) is 0 Å². The standard InChI is InChI=1S/C15H17NO2/c17-12-6-3-7-13(18)14(12)15-11-5-2-1-4-10(11)8-9-16-15/h1-2,4-5,15-17H,3,6-9H2/p+1/t15-/m1/s1. The number of fused-ring (bicyclic) bond motifs is 1. The van der Waals surface area contributed by atoms with Crippen molar-refractivity contribution in [3.63, 3.8) is 0 Å². The Morgan fingerprint density at radius 1 is 1.17 bits per heavy atom. The third-order valence-electron chi connectivity index (χ3n) is 3.95. The van der Waals surface area contributed by atoms with E-state index in [-0.39, 0.29) is 11.8 Å². The molecule has 3 heteroatoms. The number of hydrogen-bond donors (Lipinski definition) is 2. The van der Waals surface area contributed by atoms with Gasteiger partial charge in [-0.3, -0.25) is 4.79 Å². The summed E-state index contributed by atoms with van der Waals surface area (Å²) >= 11 is 0. The number of benzene rings is 1. The van der Waals surface area contributed by atoms with Crippen LogP contribution in [0.4, 0.5) is 0 Å². The topological polar surface area (TPSA) is 53.9 Å². The van der Waals surface area contributed by atoms with E-state index in [1.165, 1.54) is 11.1 Å². The van der Waals surface area contributed by atoms with Crippen LogP contribution in [-0.4, -0.2) is 17.4 Å². The molecule has 1 heterocycles. The van der Waals surface area contributed by atoms with Crippen LogP contribution in [0.15, 0.2) is 35.6 Å². The van der Waals surface area contributed by atoms with Crippen LogP contribution in [-0.2, 0) is 11.2 Å². The van der Waals surface area contributed by atoms with Crippen LogP contribution < -0.4 is 5.32 Å². The van der Waals surface area contributed by atoms with Gasteiger partial charge in [-0.2, -0.15) is 0 Å². The van der Waals surface area contributed by atoms with Crippen molar-refractivity contribution in [1.29, 1.82) is 0 Å². The molecule has 0 saturated carbocycles. The molecule has 1 aromatic carbocycles. The summed E-state index contributed by atoms with van der Waals surface area (Å²) in [6.45, 7) is 0.978. The lowest BCUT2D eigenvalue weighted by Gasteiger charge is -2.27. The molecular weight excluding hydrogens is 226 g/mol. The van der Waals surface area contributed by atoms with Crippen LogP contribution >= 0.6 is 0 Å². The van der Waals surface area contributed by atoms with Crippen LogP contribution in [0, 0.1) is 0 Å². The fraction of sp³-hybridized carbons (Fsp3) is 0.400. The van der Waals surface area contributed by atoms with Crippen molar-refractivity contribution < 1.29 is 15.2 Å². The van der Waals surface area contributed by atoms with Gasteiger partial charge < -0.3 is 10.4 Å². The molecule has 0 radical (unpaired) electrons. The van der Waals surface area contributed by atoms with Crippen molar-refractivity contribution in [3.05, 3.63) is 46.7 Å². The van der Waals surface area contributed by atoms with Crippen molar-refractivity contribution >= 4 is 5.78 Å². The van der Waals surface area contributed by atoms with Crippen molar-refractivity contribution in [1.82, 2.24) is 0 Å². The van der Waals surface area contributed by atoms with Gasteiger partial charge in [0, 0.05) is 24.8 Å². The fourth-order valence-electron chi connectivity index (χ4n) is 3.07. The number of ketones is 1. The summed E-state index contributed by atoms with van der Waals surface area (Å²) < 4.78 is 0. The Morgan fingerprint density at radius 3 is 2.83 bits per heavy atom. The highest BCUT2D eigenvalue weighted by molar-refractivity contribution is 5.97. The number of Topliss-reactive ketones (excluding diaryl/α,β-unsaturated/α-hetero) is 1. The largest absolute Gasteiger partial charge is 0.512 e. The summed E-state index contributed by atoms with van der Waals surface area (Å²) in [5.41, 5.74) is 3.15. The van der Waals surface area contributed by atoms with Gasteiger partial charge in [0.25, 0.3) is 0 Å². The molecule has 1 aliphatic carbocycles. The second-order valence-corrected chi connectivity index (χ2v) is 5.09. The lowest BCUT2D eigenvalue weighted by atomic mass is 9.83. The minimum atomic E-state index is 0.00255. The van der Waals surface area contributed by atoms with Gasteiger partial charge in [0.2, 0.25) is 0 Å². The third-order valence-corrected chi connectivity index (χ3v) is 3.95. The summed E-state index contributed by atoms with van der Waals surface area (Å²) in [6, 6.07) is 8.26. The molecular formula is C15H18NO2+. The lowest BCUT2D eigenvalue weighted by Crippen LogP contribution is -2.87. The molecule has 0 spiro atoms. The van der Waals surface area contributed by atoms with Gasteiger partial charge >= 0.3 is 0 Å². The summed E-state index contributed by atoms with van der Waals surface area (Å²) in [7, 11) is 0. The molecule has 0 saturated heterocycles. The van der Waals surface area contributed by atoms with E-state index in [4.69, 9.17) is 0 Å². The van der Waals surface area contributed by atoms with Gasteiger partial charge in [-0.05, 0) is 12.0 Å². The average Bonchev–Trinajstić information content (AvgIpc) is 2.39. The van der Waals surface area contributed by atoms with Crippen molar-refractivity contribution in [3.8, 4) is 0 Å². The molecule has 18 heavy (non-hydrogen) atoms. The molecule has 1 atom stereocenters. The zero-order valence-electron chi connectivity index (χ0n) is 10.4. The molecule has 0 aromatic heterocycles. The first-order valence-electron chi connectivity index (χ1n) is 6.63. The summed E-state index contributed by atoms with van der Waals surface area (Å²) in [4.78, 5) is 12.1. The van der Waals surface area contributed by atoms with Gasteiger partial charge in [0.1, 0.15) is 11.8 Å². The minimum Gasteiger partial charge on any atom is -0.512 e. The Morgan fingerprint density at radius 2 is 2.00 bits per heavy atom. The molecule has 0 fully saturated rings. The van der Waals surface area contributed by atoms with Gasteiger partial charge in [-0.25, -0.2) is 0 Å². The fourth-order valence-corrected chi connectivity index (χ4v) is 3.07. The predicted octanol–water partition coefficient (Wildman–Crippen LogP) is 1.41. The van der Waals surface area contributed by atoms with E-state index in [9.17, 15) is 9.90 Å². The summed E-state index contributed by atoms with van der Waals surface area (Å²) in [5, 5.41) is 12.2. The van der Waals surface area contributed by atoms with E-state index >= 15 is 0 Å². The van der Waals surface area contributed by atoms with E-state index in [1.807, 2.05) is 12.1 Å². The second kappa shape index (κ2) is 4.58. The van der Waals surface area contributed by atoms with Gasteiger partial charge in [0.15, 0.2) is 5.78 Å². The molecule has 2 aliphatic rings. The first-order chi connectivity index (χ1) is 8.77. The van der Waals surface area contributed by atoms with Crippen LogP contribution in [0.5, 0.6) is 0 Å². The number of hydrogen-bond acceptors (Lipinski definition) is 2. The Hall–Kier alpha value is -1.61. The number of nitrogens with two attached hydrogens (primary N) is 1. The first-order valence-corrected chi connectivity index (χ1v) is 6.63. The average molecular weight is 244 g/mol. The zero-order valence-corrected chi connectivity index (χ0v) is 10.4. The van der Waals surface area contributed by atoms with E-state index in [2.05, 4.69) is 17.4 Å². The smallest absolute Gasteiger partial charge is 0.168 e. The maximum Gasteiger partial charge on any atom is 0.168 e. The van der Waals surface area contributed by atoms with Gasteiger partial charge in [0.05, 0.1) is 12.1 Å². The molecule has 3 nitrogen and oxygen atoms in total. The Kier molecular flexibility index (Phi) is 2.92. The molecule has 0 unspecified atom stereocenters. The Labute approximate surface area is 107 Å². The lowest BCUT2D eigenvalue weighted by molar-refractivity contribution is -0.690. The van der Waals surface area contributed by atoms with Crippen LogP contribution in [0.1, 0.15) is 36.4 Å². The maximum atomic E-state index is 12.1. The molecule has 94 valence electrons. The maximum absolute atomic E-state index is 12.1. The number of quaternary nitrogens is 1. The molecule has 0 amide bonds. The number of allylic oxidation sites excluding steroid dienone is 1. The van der Waals surface area contributed by atoms with Crippen molar-refractivity contribution in [2.45, 2.75) is 31.7 Å². The molecule has 3 rings (SSSR count). The normalized spacial score (nSPS) is 24.0. The number of carbonyl (C=O) groups is 1. The predicted molar refractivity (Wildman–Crippen MR) is 68.2 cm³/mol. The third kappa shape index (κ3) is 1.85. The van der Waals surface area contributed by atoms with E-state index in [0.29, 0.717) is 24.2 Å². The number of rotatable bonds is 1. The first kappa shape index (κ1) is 11.5. The number of aliphatic hydroxyl groups excluding tert-OH is 1. The van der Waals surface area contributed by atoms with Crippen molar-refractivity contribution in [2.75, 3.05) is 6.54 Å². The highest BCUT2D eigenvalue weighted by atomic mass is 16.3. The van der Waals surface area contributed by atoms with E-state index < -0.39 is 0 Å². The SMILES string of the molecule is O=C1CCCC(O)=C1[C@@H]1[NH2+]CCc2ccccc21. The zero-order chi connectivity index (χ0) is 12.5. The summed E-state index contributed by atoms with van der Waals surface area (Å²) in [6.07, 6.45) is 3.04. The molecule has 1 aliphatic heterocycles. The molecule has 1 aromatic rings. The minimum absolute atomic E-state index is 0.00255. The highest BCUT2D eigenvalue weighted by Crippen LogP contribution is 2.31. The van der Waals surface area contributed by atoms with Gasteiger partial charge in [-0.1, -0.05) is 24.3 Å². The van der Waals surface area contributed by atoms with Crippen molar-refractivity contribution in [2.24, 2.45) is 0 Å². The second-order valence-electron chi connectivity index (χ2n) is 5.09. The highest BCUT2D eigenvalue weighted by Gasteiger charge is 2.34. The van der Waals surface area contributed by atoms with E-state index in [1.54, 1.807) is 0 Å².